The number of allylic oxidation sites excluding steroid dienone is 2. The number of likely N-dealkylation sites (tertiary alicyclic amines) is 1. The van der Waals surface area contributed by atoms with E-state index in [0.29, 0.717) is 0 Å². The van der Waals surface area contributed by atoms with Crippen LogP contribution < -0.4 is 0 Å². The fourth-order valence-corrected chi connectivity index (χ4v) is 3.96. The summed E-state index contributed by atoms with van der Waals surface area (Å²) < 4.78 is 5.53. The van der Waals surface area contributed by atoms with Gasteiger partial charge >= 0.3 is 6.09 Å². The zero-order valence-corrected chi connectivity index (χ0v) is 16.4. The van der Waals surface area contributed by atoms with E-state index >= 15 is 0 Å². The highest BCUT2D eigenvalue weighted by atomic mass is 35.5. The first-order valence-corrected chi connectivity index (χ1v) is 9.49. The Labute approximate surface area is 156 Å². The van der Waals surface area contributed by atoms with Gasteiger partial charge in [0.15, 0.2) is 0 Å². The molecule has 3 rings (SSSR count). The number of carbonyl (C=O) groups is 1. The minimum Gasteiger partial charge on any atom is -0.444 e. The average molecular weight is 362 g/mol. The quantitative estimate of drug-likeness (QED) is 0.628. The Morgan fingerprint density at radius 2 is 2.04 bits per heavy atom. The first-order chi connectivity index (χ1) is 11.7. The van der Waals surface area contributed by atoms with Crippen molar-refractivity contribution >= 4 is 23.3 Å². The topological polar surface area (TPSA) is 29.5 Å². The highest BCUT2D eigenvalue weighted by molar-refractivity contribution is 6.31. The fourth-order valence-electron chi connectivity index (χ4n) is 3.84. The lowest BCUT2D eigenvalue weighted by Crippen LogP contribution is -2.37. The van der Waals surface area contributed by atoms with E-state index in [0.717, 1.165) is 49.4 Å². The Kier molecular flexibility index (Phi) is 4.89. The van der Waals surface area contributed by atoms with Gasteiger partial charge in [-0.05, 0) is 81.6 Å². The zero-order chi connectivity index (χ0) is 18.2. The molecule has 136 valence electrons. The van der Waals surface area contributed by atoms with Gasteiger partial charge in [0.05, 0.1) is 0 Å². The maximum atomic E-state index is 12.3. The second-order valence-corrected chi connectivity index (χ2v) is 8.96. The molecule has 1 amide bonds. The summed E-state index contributed by atoms with van der Waals surface area (Å²) in [5.41, 5.74) is 3.60. The first kappa shape index (κ1) is 18.3. The molecule has 25 heavy (non-hydrogen) atoms. The molecule has 0 bridgehead atoms. The molecule has 0 radical (unpaired) electrons. The van der Waals surface area contributed by atoms with Crippen molar-refractivity contribution in [1.82, 2.24) is 4.90 Å². The van der Waals surface area contributed by atoms with Gasteiger partial charge in [-0.15, -0.1) is 0 Å². The van der Waals surface area contributed by atoms with E-state index in [4.69, 9.17) is 16.3 Å². The summed E-state index contributed by atoms with van der Waals surface area (Å²) in [7, 11) is 0. The minimum atomic E-state index is -0.432. The van der Waals surface area contributed by atoms with E-state index < -0.39 is 5.60 Å². The lowest BCUT2D eigenvalue weighted by atomic mass is 9.73. The molecular formula is C21H28ClNO2. The van der Waals surface area contributed by atoms with Crippen molar-refractivity contribution in [2.75, 3.05) is 13.1 Å². The van der Waals surface area contributed by atoms with Gasteiger partial charge in [0.2, 0.25) is 0 Å². The third-order valence-corrected chi connectivity index (χ3v) is 5.75. The van der Waals surface area contributed by atoms with Gasteiger partial charge in [0, 0.05) is 18.1 Å². The number of hydrogen-bond donors (Lipinski definition) is 0. The number of ether oxygens (including phenoxy) is 1. The molecule has 0 aromatic heterocycles. The predicted octanol–water partition coefficient (Wildman–Crippen LogP) is 5.84. The highest BCUT2D eigenvalue weighted by Gasteiger charge is 2.41. The molecule has 1 fully saturated rings. The van der Waals surface area contributed by atoms with Crippen LogP contribution in [-0.4, -0.2) is 29.7 Å². The van der Waals surface area contributed by atoms with E-state index in [9.17, 15) is 4.79 Å². The normalized spacial score (nSPS) is 23.7. The van der Waals surface area contributed by atoms with Gasteiger partial charge in [0.1, 0.15) is 5.60 Å². The molecule has 1 unspecified atom stereocenters. The Balaban J connectivity index is 1.66. The van der Waals surface area contributed by atoms with Crippen LogP contribution in [0.1, 0.15) is 57.6 Å². The van der Waals surface area contributed by atoms with Crippen LogP contribution in [0.4, 0.5) is 4.79 Å². The summed E-state index contributed by atoms with van der Waals surface area (Å²) in [5.74, 6) is 0. The summed E-state index contributed by atoms with van der Waals surface area (Å²) in [4.78, 5) is 14.2. The van der Waals surface area contributed by atoms with Crippen molar-refractivity contribution in [3.8, 4) is 0 Å². The zero-order valence-electron chi connectivity index (χ0n) is 15.7. The lowest BCUT2D eigenvalue weighted by Gasteiger charge is -2.33. The molecule has 4 heteroatoms. The largest absolute Gasteiger partial charge is 0.444 e. The van der Waals surface area contributed by atoms with Gasteiger partial charge in [0.25, 0.3) is 0 Å². The van der Waals surface area contributed by atoms with Gasteiger partial charge in [-0.1, -0.05) is 29.8 Å². The molecule has 0 N–H and O–H groups in total. The molecular weight excluding hydrogens is 334 g/mol. The van der Waals surface area contributed by atoms with Crippen LogP contribution in [0, 0.1) is 12.3 Å². The van der Waals surface area contributed by atoms with E-state index in [1.165, 1.54) is 11.1 Å². The molecule has 1 aromatic rings. The maximum Gasteiger partial charge on any atom is 0.410 e. The number of amides is 1. The lowest BCUT2D eigenvalue weighted by molar-refractivity contribution is 0.0270. The van der Waals surface area contributed by atoms with Gasteiger partial charge in [-0.25, -0.2) is 4.79 Å². The maximum absolute atomic E-state index is 12.3. The third-order valence-electron chi connectivity index (χ3n) is 5.32. The van der Waals surface area contributed by atoms with Crippen molar-refractivity contribution in [2.45, 2.75) is 59.0 Å². The van der Waals surface area contributed by atoms with E-state index in [-0.39, 0.29) is 11.5 Å². The van der Waals surface area contributed by atoms with Crippen LogP contribution in [-0.2, 0) is 4.74 Å². The average Bonchev–Trinajstić information content (AvgIpc) is 2.93. The molecule has 1 heterocycles. The molecule has 1 aromatic carbocycles. The van der Waals surface area contributed by atoms with Crippen molar-refractivity contribution in [3.63, 3.8) is 0 Å². The summed E-state index contributed by atoms with van der Waals surface area (Å²) in [6.45, 7) is 9.41. The highest BCUT2D eigenvalue weighted by Crippen LogP contribution is 2.45. The van der Waals surface area contributed by atoms with Crippen LogP contribution in [0.3, 0.4) is 0 Å². The second kappa shape index (κ2) is 6.68. The van der Waals surface area contributed by atoms with Crippen molar-refractivity contribution in [1.29, 1.82) is 0 Å². The van der Waals surface area contributed by atoms with Crippen LogP contribution >= 0.6 is 11.6 Å². The molecule has 2 aliphatic rings. The Bertz CT molecular complexity index is 704. The number of aryl methyl sites for hydroxylation is 1. The van der Waals surface area contributed by atoms with Crippen molar-refractivity contribution in [2.24, 2.45) is 5.41 Å². The second-order valence-electron chi connectivity index (χ2n) is 8.55. The van der Waals surface area contributed by atoms with Crippen molar-refractivity contribution < 1.29 is 9.53 Å². The predicted molar refractivity (Wildman–Crippen MR) is 103 cm³/mol. The Morgan fingerprint density at radius 1 is 1.28 bits per heavy atom. The number of rotatable bonds is 1. The van der Waals surface area contributed by atoms with Crippen LogP contribution in [0.25, 0.3) is 5.57 Å². The van der Waals surface area contributed by atoms with Gasteiger partial charge in [-0.3, -0.25) is 0 Å². The Morgan fingerprint density at radius 3 is 2.64 bits per heavy atom. The van der Waals surface area contributed by atoms with E-state index in [1.807, 2.05) is 38.7 Å². The molecule has 1 aliphatic carbocycles. The summed E-state index contributed by atoms with van der Waals surface area (Å²) in [5, 5.41) is 0.820. The number of carbonyl (C=O) groups excluding carboxylic acids is 1. The molecule has 1 saturated heterocycles. The van der Waals surface area contributed by atoms with Crippen LogP contribution in [0.5, 0.6) is 0 Å². The Hall–Kier alpha value is -1.48. The number of hydrogen-bond acceptors (Lipinski definition) is 2. The van der Waals surface area contributed by atoms with Crippen LogP contribution in [0.2, 0.25) is 5.02 Å². The molecule has 1 spiro atoms. The molecule has 1 atom stereocenters. The van der Waals surface area contributed by atoms with Gasteiger partial charge < -0.3 is 9.64 Å². The van der Waals surface area contributed by atoms with Crippen molar-refractivity contribution in [3.05, 3.63) is 40.4 Å². The monoisotopic (exact) mass is 361 g/mol. The van der Waals surface area contributed by atoms with Gasteiger partial charge in [-0.2, -0.15) is 0 Å². The SMILES string of the molecule is Cc1cc(C2=CCC3(CC2)CCN(C(=O)OC(C)(C)C)C3)ccc1Cl. The first-order valence-electron chi connectivity index (χ1n) is 9.11. The summed E-state index contributed by atoms with van der Waals surface area (Å²) >= 11 is 6.14. The number of nitrogens with zero attached hydrogens (tertiary/aromatic N) is 1. The fraction of sp³-hybridized carbons (Fsp3) is 0.571. The molecule has 3 nitrogen and oxygen atoms in total. The minimum absolute atomic E-state index is 0.174. The summed E-state index contributed by atoms with van der Waals surface area (Å²) in [6.07, 6.45) is 6.47. The standard InChI is InChI=1S/C21H28ClNO2/c1-15-13-17(5-6-18(15)22)16-7-9-21(10-8-16)11-12-23(14-21)19(24)25-20(2,3)4/h5-7,13H,8-12,14H2,1-4H3. The smallest absolute Gasteiger partial charge is 0.410 e. The number of halogens is 1. The van der Waals surface area contributed by atoms with E-state index in [1.54, 1.807) is 0 Å². The van der Waals surface area contributed by atoms with E-state index in [2.05, 4.69) is 18.2 Å². The van der Waals surface area contributed by atoms with Crippen LogP contribution in [0.15, 0.2) is 24.3 Å². The summed E-state index contributed by atoms with van der Waals surface area (Å²) in [6, 6.07) is 6.27. The number of benzene rings is 1. The third kappa shape index (κ3) is 4.20. The molecule has 1 aliphatic heterocycles. The molecule has 0 saturated carbocycles.